The third kappa shape index (κ3) is 5.43. The number of carbonyl (C=O) groups is 2. The summed E-state index contributed by atoms with van der Waals surface area (Å²) >= 11 is 1.38. The number of amides is 1. The fraction of sp³-hybridized carbons (Fsp3) is 0.353. The zero-order chi connectivity index (χ0) is 17.4. The molecule has 1 aromatic heterocycles. The molecular weight excluding hydrogens is 328 g/mol. The van der Waals surface area contributed by atoms with Gasteiger partial charge >= 0.3 is 5.97 Å². The predicted molar refractivity (Wildman–Crippen MR) is 90.9 cm³/mol. The summed E-state index contributed by atoms with van der Waals surface area (Å²) in [6.45, 7) is 1.17. The van der Waals surface area contributed by atoms with Crippen LogP contribution in [0.5, 0.6) is 0 Å². The largest absolute Gasteiger partial charge is 0.481 e. The summed E-state index contributed by atoms with van der Waals surface area (Å²) in [5.41, 5.74) is 1.37. The van der Waals surface area contributed by atoms with Crippen LogP contribution in [0.1, 0.15) is 33.9 Å². The number of ether oxygens (including phenoxy) is 1. The van der Waals surface area contributed by atoms with E-state index in [4.69, 9.17) is 9.84 Å². The number of rotatable bonds is 9. The Kier molecular flexibility index (Phi) is 6.89. The molecule has 0 spiro atoms. The average Bonchev–Trinajstić information content (AvgIpc) is 3.03. The molecular formula is C17H20N2O4S. The second kappa shape index (κ2) is 9.14. The van der Waals surface area contributed by atoms with E-state index in [0.717, 1.165) is 10.6 Å². The fourth-order valence-electron chi connectivity index (χ4n) is 2.24. The first kappa shape index (κ1) is 18.1. The van der Waals surface area contributed by atoms with Crippen molar-refractivity contribution in [2.75, 3.05) is 13.7 Å². The molecule has 24 heavy (non-hydrogen) atoms. The van der Waals surface area contributed by atoms with Crippen LogP contribution in [0, 0.1) is 0 Å². The van der Waals surface area contributed by atoms with Gasteiger partial charge in [-0.1, -0.05) is 30.3 Å². The van der Waals surface area contributed by atoms with Crippen LogP contribution in [0.25, 0.3) is 0 Å². The molecule has 0 aliphatic carbocycles. The number of benzene rings is 1. The quantitative estimate of drug-likeness (QED) is 0.754. The minimum absolute atomic E-state index is 0.0323. The van der Waals surface area contributed by atoms with E-state index in [9.17, 15) is 9.59 Å². The normalized spacial score (nSPS) is 10.5. The van der Waals surface area contributed by atoms with Gasteiger partial charge in [-0.2, -0.15) is 0 Å². The van der Waals surface area contributed by atoms with Crippen LogP contribution in [-0.4, -0.2) is 40.5 Å². The highest BCUT2D eigenvalue weighted by Crippen LogP contribution is 2.15. The van der Waals surface area contributed by atoms with Gasteiger partial charge in [0.25, 0.3) is 5.91 Å². The molecule has 0 fully saturated rings. The van der Waals surface area contributed by atoms with E-state index in [1.54, 1.807) is 17.4 Å². The van der Waals surface area contributed by atoms with Crippen molar-refractivity contribution in [1.29, 1.82) is 0 Å². The molecule has 128 valence electrons. The molecule has 1 aromatic carbocycles. The number of methoxy groups -OCH3 is 1. The molecule has 0 saturated carbocycles. The monoisotopic (exact) mass is 348 g/mol. The number of carboxylic acid groups (broad SMARTS) is 1. The maximum Gasteiger partial charge on any atom is 0.303 e. The van der Waals surface area contributed by atoms with Gasteiger partial charge in [-0.3, -0.25) is 9.59 Å². The molecule has 2 aromatic rings. The lowest BCUT2D eigenvalue weighted by atomic mass is 10.2. The molecule has 0 aliphatic rings. The zero-order valence-corrected chi connectivity index (χ0v) is 14.3. The smallest absolute Gasteiger partial charge is 0.303 e. The first-order chi connectivity index (χ1) is 11.6. The van der Waals surface area contributed by atoms with Gasteiger partial charge in [-0.25, -0.2) is 4.98 Å². The fourth-order valence-corrected chi connectivity index (χ4v) is 2.98. The van der Waals surface area contributed by atoms with Crippen LogP contribution < -0.4 is 0 Å². The second-order valence-electron chi connectivity index (χ2n) is 5.27. The highest BCUT2D eigenvalue weighted by atomic mass is 32.1. The highest BCUT2D eigenvalue weighted by molar-refractivity contribution is 7.09. The average molecular weight is 348 g/mol. The summed E-state index contributed by atoms with van der Waals surface area (Å²) in [4.78, 5) is 29.4. The Hall–Kier alpha value is -2.25. The Morgan fingerprint density at radius 1 is 1.29 bits per heavy atom. The number of aliphatic carboxylic acids is 1. The Morgan fingerprint density at radius 2 is 2.04 bits per heavy atom. The number of carboxylic acids is 1. The van der Waals surface area contributed by atoms with Gasteiger partial charge in [0.05, 0.1) is 6.61 Å². The van der Waals surface area contributed by atoms with E-state index < -0.39 is 5.97 Å². The molecule has 1 N–H and O–H groups in total. The maximum absolute atomic E-state index is 12.7. The summed E-state index contributed by atoms with van der Waals surface area (Å²) in [5.74, 6) is -1.05. The van der Waals surface area contributed by atoms with Gasteiger partial charge in [0.1, 0.15) is 10.7 Å². The van der Waals surface area contributed by atoms with Crippen LogP contribution in [0.15, 0.2) is 35.7 Å². The van der Waals surface area contributed by atoms with Crippen molar-refractivity contribution in [2.45, 2.75) is 26.0 Å². The number of hydrogen-bond donors (Lipinski definition) is 1. The van der Waals surface area contributed by atoms with Crippen LogP contribution in [0.3, 0.4) is 0 Å². The molecule has 1 amide bonds. The van der Waals surface area contributed by atoms with Gasteiger partial charge in [0, 0.05) is 32.0 Å². The topological polar surface area (TPSA) is 79.7 Å². The van der Waals surface area contributed by atoms with Gasteiger partial charge in [-0.05, 0) is 12.0 Å². The Balaban J connectivity index is 2.10. The first-order valence-electron chi connectivity index (χ1n) is 7.58. The number of carbonyl (C=O) groups excluding carboxylic acids is 1. The summed E-state index contributed by atoms with van der Waals surface area (Å²) in [6.07, 6.45) is 0.438. The molecule has 0 bridgehead atoms. The SMILES string of the molecule is COCc1nc(C(=O)N(CCCC(=O)O)Cc2ccccc2)cs1. The lowest BCUT2D eigenvalue weighted by Crippen LogP contribution is -2.32. The Bertz CT molecular complexity index is 672. The molecule has 2 rings (SSSR count). The van der Waals surface area contributed by atoms with E-state index in [0.29, 0.717) is 31.8 Å². The number of hydrogen-bond acceptors (Lipinski definition) is 5. The lowest BCUT2D eigenvalue weighted by molar-refractivity contribution is -0.137. The van der Waals surface area contributed by atoms with Crippen molar-refractivity contribution < 1.29 is 19.4 Å². The highest BCUT2D eigenvalue weighted by Gasteiger charge is 2.19. The van der Waals surface area contributed by atoms with Crippen molar-refractivity contribution in [2.24, 2.45) is 0 Å². The number of nitrogens with zero attached hydrogens (tertiary/aromatic N) is 2. The second-order valence-corrected chi connectivity index (χ2v) is 6.21. The van der Waals surface area contributed by atoms with Gasteiger partial charge in [-0.15, -0.1) is 11.3 Å². The van der Waals surface area contributed by atoms with E-state index in [2.05, 4.69) is 4.98 Å². The van der Waals surface area contributed by atoms with Crippen LogP contribution in [0.2, 0.25) is 0 Å². The molecule has 7 heteroatoms. The van der Waals surface area contributed by atoms with Crippen molar-refractivity contribution in [1.82, 2.24) is 9.88 Å². The van der Waals surface area contributed by atoms with E-state index in [1.165, 1.54) is 11.3 Å². The van der Waals surface area contributed by atoms with Crippen molar-refractivity contribution in [3.05, 3.63) is 52.0 Å². The molecule has 0 radical (unpaired) electrons. The van der Waals surface area contributed by atoms with E-state index in [1.807, 2.05) is 30.3 Å². The van der Waals surface area contributed by atoms with E-state index >= 15 is 0 Å². The molecule has 1 heterocycles. The minimum atomic E-state index is -0.863. The van der Waals surface area contributed by atoms with Crippen LogP contribution >= 0.6 is 11.3 Å². The van der Waals surface area contributed by atoms with Crippen LogP contribution in [0.4, 0.5) is 0 Å². The van der Waals surface area contributed by atoms with Crippen molar-refractivity contribution in [3.63, 3.8) is 0 Å². The standard InChI is InChI=1S/C17H20N2O4S/c1-23-11-15-18-14(12-24-15)17(22)19(9-5-8-16(20)21)10-13-6-3-2-4-7-13/h2-4,6-7,12H,5,8-11H2,1H3,(H,20,21). The maximum atomic E-state index is 12.7. The minimum Gasteiger partial charge on any atom is -0.481 e. The molecule has 6 nitrogen and oxygen atoms in total. The van der Waals surface area contributed by atoms with Gasteiger partial charge < -0.3 is 14.7 Å². The predicted octanol–water partition coefficient (Wildman–Crippen LogP) is 2.80. The molecule has 0 aliphatic heterocycles. The van der Waals surface area contributed by atoms with Crippen LogP contribution in [-0.2, 0) is 22.7 Å². The third-order valence-corrected chi connectivity index (χ3v) is 4.18. The third-order valence-electron chi connectivity index (χ3n) is 3.36. The molecule has 0 saturated heterocycles. The summed E-state index contributed by atoms with van der Waals surface area (Å²) in [5, 5.41) is 11.3. The number of aromatic nitrogens is 1. The molecule has 0 atom stereocenters. The number of thiazole rings is 1. The van der Waals surface area contributed by atoms with Crippen molar-refractivity contribution in [3.8, 4) is 0 Å². The van der Waals surface area contributed by atoms with Gasteiger partial charge in [0.2, 0.25) is 0 Å². The Morgan fingerprint density at radius 3 is 2.71 bits per heavy atom. The van der Waals surface area contributed by atoms with Crippen molar-refractivity contribution >= 4 is 23.2 Å². The Labute approximate surface area is 144 Å². The lowest BCUT2D eigenvalue weighted by Gasteiger charge is -2.21. The van der Waals surface area contributed by atoms with Gasteiger partial charge in [0.15, 0.2) is 0 Å². The van der Waals surface area contributed by atoms with E-state index in [-0.39, 0.29) is 12.3 Å². The molecule has 0 unspecified atom stereocenters. The summed E-state index contributed by atoms with van der Waals surface area (Å²) < 4.78 is 5.03. The zero-order valence-electron chi connectivity index (χ0n) is 13.5. The first-order valence-corrected chi connectivity index (χ1v) is 8.46. The summed E-state index contributed by atoms with van der Waals surface area (Å²) in [7, 11) is 1.58. The summed E-state index contributed by atoms with van der Waals surface area (Å²) in [6, 6.07) is 9.62.